The van der Waals surface area contributed by atoms with E-state index in [4.69, 9.17) is 4.42 Å². The van der Waals surface area contributed by atoms with Crippen LogP contribution in [-0.4, -0.2) is 5.11 Å². The first-order chi connectivity index (χ1) is 10.6. The van der Waals surface area contributed by atoms with Gasteiger partial charge in [0, 0.05) is 21.0 Å². The minimum Gasteiger partial charge on any atom is -0.502 e. The van der Waals surface area contributed by atoms with Crippen LogP contribution in [0, 0.1) is 5.82 Å². The summed E-state index contributed by atoms with van der Waals surface area (Å²) >= 11 is 1.50. The lowest BCUT2D eigenvalue weighted by Gasteiger charge is -2.05. The predicted molar refractivity (Wildman–Crippen MR) is 84.9 cm³/mol. The largest absolute Gasteiger partial charge is 0.502 e. The molecule has 22 heavy (non-hydrogen) atoms. The van der Waals surface area contributed by atoms with Crippen LogP contribution >= 0.6 is 11.3 Å². The van der Waals surface area contributed by atoms with Crippen molar-refractivity contribution in [1.82, 2.24) is 0 Å². The Morgan fingerprint density at radius 1 is 1.09 bits per heavy atom. The molecule has 0 saturated carbocycles. The molecule has 1 N–H and O–H groups in total. The predicted octanol–water partition coefficient (Wildman–Crippen LogP) is 4.52. The first-order valence-corrected chi connectivity index (χ1v) is 7.45. The molecule has 2 heterocycles. The lowest BCUT2D eigenvalue weighted by molar-refractivity contribution is 0.449. The normalized spacial score (nSPS) is 11.3. The molecule has 108 valence electrons. The van der Waals surface area contributed by atoms with Gasteiger partial charge < -0.3 is 9.52 Å². The van der Waals surface area contributed by atoms with Crippen LogP contribution in [0.2, 0.25) is 0 Å². The quantitative estimate of drug-likeness (QED) is 0.562. The number of hydrogen-bond donors (Lipinski definition) is 1. The molecular formula is C17H9FO3S. The second-order valence-corrected chi connectivity index (χ2v) is 5.81. The molecule has 0 spiro atoms. The third-order valence-electron chi connectivity index (χ3n) is 3.55. The number of thiophene rings is 1. The SMILES string of the molecule is O=c1c(O)c(-c2csc3ccccc23)oc2ccc(F)cc12. The van der Waals surface area contributed by atoms with Gasteiger partial charge in [0.25, 0.3) is 0 Å². The summed E-state index contributed by atoms with van der Waals surface area (Å²) in [5.41, 5.74) is 0.266. The summed E-state index contributed by atoms with van der Waals surface area (Å²) in [6.07, 6.45) is 0. The molecule has 5 heteroatoms. The average molecular weight is 312 g/mol. The summed E-state index contributed by atoms with van der Waals surface area (Å²) in [4.78, 5) is 12.3. The Morgan fingerprint density at radius 3 is 2.77 bits per heavy atom. The van der Waals surface area contributed by atoms with E-state index in [1.54, 1.807) is 0 Å². The smallest absolute Gasteiger partial charge is 0.235 e. The molecule has 0 aliphatic heterocycles. The second kappa shape index (κ2) is 4.68. The van der Waals surface area contributed by atoms with Crippen molar-refractivity contribution in [2.24, 2.45) is 0 Å². The number of benzene rings is 2. The molecule has 0 fully saturated rings. The summed E-state index contributed by atoms with van der Waals surface area (Å²) in [6.45, 7) is 0. The van der Waals surface area contributed by atoms with Crippen LogP contribution in [-0.2, 0) is 0 Å². The van der Waals surface area contributed by atoms with Crippen LogP contribution in [0.4, 0.5) is 4.39 Å². The first-order valence-electron chi connectivity index (χ1n) is 6.57. The van der Waals surface area contributed by atoms with E-state index in [0.29, 0.717) is 5.56 Å². The van der Waals surface area contributed by atoms with Crippen LogP contribution in [0.5, 0.6) is 5.75 Å². The molecule has 2 aromatic heterocycles. The Balaban J connectivity index is 2.09. The van der Waals surface area contributed by atoms with Gasteiger partial charge in [-0.05, 0) is 24.3 Å². The lowest BCUT2D eigenvalue weighted by Crippen LogP contribution is -2.02. The Hall–Kier alpha value is -2.66. The van der Waals surface area contributed by atoms with E-state index in [1.807, 2.05) is 29.6 Å². The van der Waals surface area contributed by atoms with Crippen molar-refractivity contribution in [3.05, 3.63) is 63.9 Å². The van der Waals surface area contributed by atoms with Gasteiger partial charge in [0.05, 0.1) is 5.39 Å². The zero-order valence-electron chi connectivity index (χ0n) is 11.2. The van der Waals surface area contributed by atoms with Crippen molar-refractivity contribution < 1.29 is 13.9 Å². The van der Waals surface area contributed by atoms with Crippen molar-refractivity contribution in [3.63, 3.8) is 0 Å². The molecule has 0 aliphatic rings. The third-order valence-corrected chi connectivity index (χ3v) is 4.52. The van der Waals surface area contributed by atoms with Gasteiger partial charge in [-0.25, -0.2) is 4.39 Å². The van der Waals surface area contributed by atoms with Crippen LogP contribution in [0.3, 0.4) is 0 Å². The highest BCUT2D eigenvalue weighted by atomic mass is 32.1. The molecule has 3 nitrogen and oxygen atoms in total. The monoisotopic (exact) mass is 312 g/mol. The number of rotatable bonds is 1. The van der Waals surface area contributed by atoms with E-state index >= 15 is 0 Å². The highest BCUT2D eigenvalue weighted by Gasteiger charge is 2.18. The maximum absolute atomic E-state index is 13.3. The number of halogens is 1. The first kappa shape index (κ1) is 13.0. The fourth-order valence-corrected chi connectivity index (χ4v) is 3.43. The molecule has 0 bridgehead atoms. The molecule has 0 amide bonds. The second-order valence-electron chi connectivity index (χ2n) is 4.89. The Kier molecular flexibility index (Phi) is 2.77. The van der Waals surface area contributed by atoms with Gasteiger partial charge >= 0.3 is 0 Å². The fraction of sp³-hybridized carbons (Fsp3) is 0. The number of fused-ring (bicyclic) bond motifs is 2. The molecular weight excluding hydrogens is 303 g/mol. The van der Waals surface area contributed by atoms with E-state index < -0.39 is 17.0 Å². The third kappa shape index (κ3) is 1.83. The highest BCUT2D eigenvalue weighted by molar-refractivity contribution is 7.17. The Morgan fingerprint density at radius 2 is 1.91 bits per heavy atom. The molecule has 0 radical (unpaired) electrons. The molecule has 0 atom stereocenters. The van der Waals surface area contributed by atoms with Crippen molar-refractivity contribution >= 4 is 32.4 Å². The van der Waals surface area contributed by atoms with Gasteiger partial charge in [-0.1, -0.05) is 18.2 Å². The summed E-state index contributed by atoms with van der Waals surface area (Å²) in [5, 5.41) is 12.9. The zero-order chi connectivity index (χ0) is 15.3. The van der Waals surface area contributed by atoms with E-state index in [0.717, 1.165) is 16.2 Å². The number of aromatic hydroxyl groups is 1. The van der Waals surface area contributed by atoms with Crippen LogP contribution in [0.25, 0.3) is 32.4 Å². The summed E-state index contributed by atoms with van der Waals surface area (Å²) in [7, 11) is 0. The fourth-order valence-electron chi connectivity index (χ4n) is 2.49. The summed E-state index contributed by atoms with van der Waals surface area (Å²) < 4.78 is 20.0. The van der Waals surface area contributed by atoms with Crippen molar-refractivity contribution in [3.8, 4) is 17.1 Å². The van der Waals surface area contributed by atoms with Gasteiger partial charge in [-0.3, -0.25) is 4.79 Å². The van der Waals surface area contributed by atoms with Gasteiger partial charge in [0.2, 0.25) is 11.2 Å². The Labute approximate surface area is 127 Å². The molecule has 4 rings (SSSR count). The van der Waals surface area contributed by atoms with Crippen molar-refractivity contribution in [2.75, 3.05) is 0 Å². The maximum atomic E-state index is 13.3. The van der Waals surface area contributed by atoms with Crippen LogP contribution in [0.15, 0.2) is 57.1 Å². The summed E-state index contributed by atoms with van der Waals surface area (Å²) in [6, 6.07) is 11.3. The minimum atomic E-state index is -0.633. The highest BCUT2D eigenvalue weighted by Crippen LogP contribution is 2.38. The molecule has 0 aliphatic carbocycles. The van der Waals surface area contributed by atoms with Crippen LogP contribution < -0.4 is 5.43 Å². The Bertz CT molecular complexity index is 1080. The number of hydrogen-bond acceptors (Lipinski definition) is 4. The minimum absolute atomic E-state index is 0.0285. The molecule has 2 aromatic carbocycles. The van der Waals surface area contributed by atoms with E-state index in [1.165, 1.54) is 23.5 Å². The zero-order valence-corrected chi connectivity index (χ0v) is 12.0. The van der Waals surface area contributed by atoms with Gasteiger partial charge in [-0.15, -0.1) is 11.3 Å². The van der Waals surface area contributed by atoms with E-state index in [2.05, 4.69) is 0 Å². The molecule has 0 unspecified atom stereocenters. The molecule has 4 aromatic rings. The van der Waals surface area contributed by atoms with Gasteiger partial charge in [-0.2, -0.15) is 0 Å². The topological polar surface area (TPSA) is 50.4 Å². The summed E-state index contributed by atoms with van der Waals surface area (Å²) in [5.74, 6) is -0.934. The van der Waals surface area contributed by atoms with Gasteiger partial charge in [0.15, 0.2) is 5.76 Å². The van der Waals surface area contributed by atoms with E-state index in [9.17, 15) is 14.3 Å². The van der Waals surface area contributed by atoms with Gasteiger partial charge in [0.1, 0.15) is 11.4 Å². The maximum Gasteiger partial charge on any atom is 0.235 e. The van der Waals surface area contributed by atoms with Crippen molar-refractivity contribution in [2.45, 2.75) is 0 Å². The average Bonchev–Trinajstić information content (AvgIpc) is 2.95. The van der Waals surface area contributed by atoms with Crippen molar-refractivity contribution in [1.29, 1.82) is 0 Å². The molecule has 0 saturated heterocycles. The standard InChI is InChI=1S/C17H9FO3S/c18-9-5-6-13-11(7-9)15(19)16(20)17(21-13)12-8-22-14-4-2-1-3-10(12)14/h1-8,20H. The lowest BCUT2D eigenvalue weighted by atomic mass is 10.1. The van der Waals surface area contributed by atoms with E-state index in [-0.39, 0.29) is 16.7 Å². The van der Waals surface area contributed by atoms with Crippen LogP contribution in [0.1, 0.15) is 0 Å².